The van der Waals surface area contributed by atoms with Gasteiger partial charge < -0.3 is 9.64 Å². The molecule has 1 aromatic rings. The average Bonchev–Trinajstić information content (AvgIpc) is 2.22. The van der Waals surface area contributed by atoms with E-state index in [9.17, 15) is 4.79 Å². The zero-order valence-electron chi connectivity index (χ0n) is 8.73. The second-order valence-electron chi connectivity index (χ2n) is 3.59. The summed E-state index contributed by atoms with van der Waals surface area (Å²) in [5, 5.41) is 0. The maximum absolute atomic E-state index is 11.9. The highest BCUT2D eigenvalue weighted by Crippen LogP contribution is 2.24. The van der Waals surface area contributed by atoms with Gasteiger partial charge in [-0.1, -0.05) is 0 Å². The molecule has 4 heteroatoms. The second-order valence-corrected chi connectivity index (χ2v) is 3.59. The predicted octanol–water partition coefficient (Wildman–Crippen LogP) is 1.10. The van der Waals surface area contributed by atoms with Crippen LogP contribution in [0.4, 0.5) is 0 Å². The minimum absolute atomic E-state index is 0.0504. The van der Waals surface area contributed by atoms with E-state index in [0.29, 0.717) is 23.6 Å². The van der Waals surface area contributed by atoms with Gasteiger partial charge in [-0.05, 0) is 12.1 Å². The first-order chi connectivity index (χ1) is 7.18. The van der Waals surface area contributed by atoms with E-state index in [1.807, 2.05) is 19.0 Å². The fourth-order valence-electron chi connectivity index (χ4n) is 1.46. The van der Waals surface area contributed by atoms with Crippen molar-refractivity contribution < 1.29 is 9.53 Å². The lowest BCUT2D eigenvalue weighted by Crippen LogP contribution is -2.22. The van der Waals surface area contributed by atoms with Crippen LogP contribution in [0.25, 0.3) is 0 Å². The van der Waals surface area contributed by atoms with Gasteiger partial charge in [0.15, 0.2) is 5.69 Å². The standard InChI is InChI=1S/C11H12N2O2/c1-13(2)6-8-7-15-9-4-3-5-12-10(9)11(8)14/h3-6H,7H2,1-2H3/b8-6+. The predicted molar refractivity (Wildman–Crippen MR) is 55.8 cm³/mol. The van der Waals surface area contributed by atoms with E-state index in [1.54, 1.807) is 24.5 Å². The van der Waals surface area contributed by atoms with E-state index < -0.39 is 0 Å². The summed E-state index contributed by atoms with van der Waals surface area (Å²) < 4.78 is 5.43. The normalized spacial score (nSPS) is 17.2. The van der Waals surface area contributed by atoms with Crippen molar-refractivity contribution in [3.8, 4) is 5.75 Å². The molecule has 1 aliphatic heterocycles. The van der Waals surface area contributed by atoms with Crippen molar-refractivity contribution in [3.05, 3.63) is 35.8 Å². The van der Waals surface area contributed by atoms with Crippen LogP contribution in [-0.2, 0) is 0 Å². The minimum Gasteiger partial charge on any atom is -0.486 e. The van der Waals surface area contributed by atoms with Crippen LogP contribution in [0.2, 0.25) is 0 Å². The van der Waals surface area contributed by atoms with E-state index >= 15 is 0 Å². The molecule has 0 aromatic carbocycles. The second kappa shape index (κ2) is 3.73. The molecule has 0 N–H and O–H groups in total. The van der Waals surface area contributed by atoms with Crippen molar-refractivity contribution in [3.63, 3.8) is 0 Å². The van der Waals surface area contributed by atoms with Gasteiger partial charge in [0.2, 0.25) is 5.78 Å². The minimum atomic E-state index is -0.0504. The smallest absolute Gasteiger partial charge is 0.216 e. The Morgan fingerprint density at radius 1 is 1.53 bits per heavy atom. The Kier molecular flexibility index (Phi) is 2.41. The Bertz CT molecular complexity index is 424. The molecule has 0 saturated heterocycles. The fourth-order valence-corrected chi connectivity index (χ4v) is 1.46. The molecule has 0 saturated carbocycles. The molecular formula is C11H12N2O2. The van der Waals surface area contributed by atoms with Crippen molar-refractivity contribution in [1.29, 1.82) is 0 Å². The Morgan fingerprint density at radius 3 is 3.07 bits per heavy atom. The molecule has 0 aliphatic carbocycles. The average molecular weight is 204 g/mol. The summed E-state index contributed by atoms with van der Waals surface area (Å²) in [6.07, 6.45) is 3.36. The van der Waals surface area contributed by atoms with Crippen molar-refractivity contribution in [1.82, 2.24) is 9.88 Å². The van der Waals surface area contributed by atoms with Gasteiger partial charge in [-0.3, -0.25) is 4.79 Å². The van der Waals surface area contributed by atoms with Crippen molar-refractivity contribution in [2.75, 3.05) is 20.7 Å². The number of rotatable bonds is 1. The van der Waals surface area contributed by atoms with Crippen LogP contribution in [0, 0.1) is 0 Å². The van der Waals surface area contributed by atoms with Crippen LogP contribution < -0.4 is 4.74 Å². The molecule has 2 heterocycles. The number of ketones is 1. The highest BCUT2D eigenvalue weighted by molar-refractivity contribution is 6.10. The molecule has 0 spiro atoms. The van der Waals surface area contributed by atoms with Crippen molar-refractivity contribution >= 4 is 5.78 Å². The molecule has 0 unspecified atom stereocenters. The first-order valence-corrected chi connectivity index (χ1v) is 4.68. The number of nitrogens with zero attached hydrogens (tertiary/aromatic N) is 2. The lowest BCUT2D eigenvalue weighted by atomic mass is 10.1. The van der Waals surface area contributed by atoms with E-state index in [-0.39, 0.29) is 5.78 Å². The maximum Gasteiger partial charge on any atom is 0.216 e. The van der Waals surface area contributed by atoms with Crippen LogP contribution in [-0.4, -0.2) is 36.4 Å². The van der Waals surface area contributed by atoms with E-state index in [2.05, 4.69) is 4.98 Å². The van der Waals surface area contributed by atoms with Crippen LogP contribution in [0.3, 0.4) is 0 Å². The maximum atomic E-state index is 11.9. The van der Waals surface area contributed by atoms with Crippen LogP contribution in [0.5, 0.6) is 5.75 Å². The van der Waals surface area contributed by atoms with Gasteiger partial charge in [-0.15, -0.1) is 0 Å². The zero-order chi connectivity index (χ0) is 10.8. The molecule has 0 fully saturated rings. The molecule has 4 nitrogen and oxygen atoms in total. The zero-order valence-corrected chi connectivity index (χ0v) is 8.73. The van der Waals surface area contributed by atoms with E-state index in [4.69, 9.17) is 4.74 Å². The van der Waals surface area contributed by atoms with Gasteiger partial charge in [-0.25, -0.2) is 4.98 Å². The molecule has 78 valence electrons. The highest BCUT2D eigenvalue weighted by atomic mass is 16.5. The van der Waals surface area contributed by atoms with Crippen molar-refractivity contribution in [2.45, 2.75) is 0 Å². The number of hydrogen-bond acceptors (Lipinski definition) is 4. The van der Waals surface area contributed by atoms with Crippen LogP contribution >= 0.6 is 0 Å². The van der Waals surface area contributed by atoms with Gasteiger partial charge in [0.05, 0.1) is 5.57 Å². The molecule has 2 rings (SSSR count). The number of pyridine rings is 1. The molecule has 0 bridgehead atoms. The molecule has 1 aromatic heterocycles. The largest absolute Gasteiger partial charge is 0.486 e. The Hall–Kier alpha value is -1.84. The molecule has 15 heavy (non-hydrogen) atoms. The number of Topliss-reactive ketones (excluding diaryl/α,β-unsaturated/α-hetero) is 1. The Balaban J connectivity index is 2.38. The topological polar surface area (TPSA) is 42.4 Å². The lowest BCUT2D eigenvalue weighted by Gasteiger charge is -2.18. The third-order valence-electron chi connectivity index (χ3n) is 2.07. The Labute approximate surface area is 88.2 Å². The number of carbonyl (C=O) groups excluding carboxylic acids is 1. The summed E-state index contributed by atoms with van der Waals surface area (Å²) in [6, 6.07) is 3.51. The fraction of sp³-hybridized carbons (Fsp3) is 0.273. The Morgan fingerprint density at radius 2 is 2.33 bits per heavy atom. The molecule has 0 amide bonds. The van der Waals surface area contributed by atoms with Gasteiger partial charge in [0, 0.05) is 26.5 Å². The van der Waals surface area contributed by atoms with Gasteiger partial charge in [0.1, 0.15) is 12.4 Å². The van der Waals surface area contributed by atoms with E-state index in [0.717, 1.165) is 0 Å². The third-order valence-corrected chi connectivity index (χ3v) is 2.07. The number of ether oxygens (including phenoxy) is 1. The van der Waals surface area contributed by atoms with Gasteiger partial charge in [0.25, 0.3) is 0 Å². The van der Waals surface area contributed by atoms with Gasteiger partial charge in [-0.2, -0.15) is 0 Å². The van der Waals surface area contributed by atoms with Crippen LogP contribution in [0.15, 0.2) is 30.1 Å². The number of hydrogen-bond donors (Lipinski definition) is 0. The third kappa shape index (κ3) is 1.83. The summed E-state index contributed by atoms with van der Waals surface area (Å²) in [6.45, 7) is 0.315. The van der Waals surface area contributed by atoms with Crippen LogP contribution in [0.1, 0.15) is 10.5 Å². The summed E-state index contributed by atoms with van der Waals surface area (Å²) in [5.74, 6) is 0.518. The quantitative estimate of drug-likeness (QED) is 0.642. The van der Waals surface area contributed by atoms with E-state index in [1.165, 1.54) is 0 Å². The number of aromatic nitrogens is 1. The monoisotopic (exact) mass is 204 g/mol. The summed E-state index contributed by atoms with van der Waals surface area (Å²) in [7, 11) is 3.74. The number of fused-ring (bicyclic) bond motifs is 1. The lowest BCUT2D eigenvalue weighted by molar-refractivity contribution is 0.0991. The van der Waals surface area contributed by atoms with Gasteiger partial charge >= 0.3 is 0 Å². The summed E-state index contributed by atoms with van der Waals surface area (Å²) in [5.41, 5.74) is 1.03. The molecule has 0 radical (unpaired) electrons. The van der Waals surface area contributed by atoms with Crippen molar-refractivity contribution in [2.24, 2.45) is 0 Å². The molecule has 1 aliphatic rings. The summed E-state index contributed by atoms with van der Waals surface area (Å²) in [4.78, 5) is 17.8. The SMILES string of the molecule is CN(C)/C=C1\COc2cccnc2C1=O. The molecule has 0 atom stereocenters. The highest BCUT2D eigenvalue weighted by Gasteiger charge is 2.24. The first-order valence-electron chi connectivity index (χ1n) is 4.68. The first kappa shape index (κ1) is 9.71. The molecular weight excluding hydrogens is 192 g/mol. The summed E-state index contributed by atoms with van der Waals surface area (Å²) >= 11 is 0. The number of carbonyl (C=O) groups is 1.